The van der Waals surface area contributed by atoms with Gasteiger partial charge in [0.15, 0.2) is 5.78 Å². The van der Waals surface area contributed by atoms with Crippen LogP contribution in [0.25, 0.3) is 0 Å². The summed E-state index contributed by atoms with van der Waals surface area (Å²) >= 11 is 0. The second kappa shape index (κ2) is 10.2. The van der Waals surface area contributed by atoms with Crippen LogP contribution < -0.4 is 4.74 Å². The summed E-state index contributed by atoms with van der Waals surface area (Å²) in [6.07, 6.45) is -5.85. The van der Waals surface area contributed by atoms with E-state index in [4.69, 9.17) is 9.47 Å². The molecular weight excluding hydrogens is 404 g/mol. The lowest BCUT2D eigenvalue weighted by molar-refractivity contribution is -0.277. The van der Waals surface area contributed by atoms with Gasteiger partial charge in [0.2, 0.25) is 6.29 Å². The predicted octanol–water partition coefficient (Wildman–Crippen LogP) is 0.949. The third kappa shape index (κ3) is 5.23. The maximum absolute atomic E-state index is 12.9. The second-order valence-electron chi connectivity index (χ2n) is 7.56. The van der Waals surface area contributed by atoms with Crippen molar-refractivity contribution < 1.29 is 39.8 Å². The third-order valence-corrected chi connectivity index (χ3v) is 5.45. The largest absolute Gasteiger partial charge is 0.507 e. The summed E-state index contributed by atoms with van der Waals surface area (Å²) < 4.78 is 10.9. The third-order valence-electron chi connectivity index (χ3n) is 5.45. The van der Waals surface area contributed by atoms with Crippen molar-refractivity contribution in [2.24, 2.45) is 0 Å². The normalized spacial score (nSPS) is 25.9. The smallest absolute Gasteiger partial charge is 0.229 e. The number of ether oxygens (including phenoxy) is 2. The molecule has 8 heteroatoms. The monoisotopic (exact) mass is 432 g/mol. The van der Waals surface area contributed by atoms with Gasteiger partial charge in [-0.3, -0.25) is 4.79 Å². The van der Waals surface area contributed by atoms with E-state index in [1.165, 1.54) is 23.8 Å². The number of benzene rings is 2. The number of phenols is 1. The van der Waals surface area contributed by atoms with Crippen molar-refractivity contribution in [2.45, 2.75) is 56.9 Å². The molecule has 1 saturated heterocycles. The average molecular weight is 432 g/mol. The fourth-order valence-electron chi connectivity index (χ4n) is 3.51. The lowest BCUT2D eigenvalue weighted by Crippen LogP contribution is -2.60. The quantitative estimate of drug-likeness (QED) is 0.389. The summed E-state index contributed by atoms with van der Waals surface area (Å²) in [6.45, 7) is 1.46. The number of aryl methyl sites for hydroxylation is 2. The van der Waals surface area contributed by atoms with E-state index >= 15 is 0 Å². The molecule has 0 aromatic heterocycles. The molecule has 31 heavy (non-hydrogen) atoms. The van der Waals surface area contributed by atoms with E-state index in [1.54, 1.807) is 0 Å². The molecule has 1 aliphatic rings. The molecule has 0 amide bonds. The molecule has 1 aliphatic heterocycles. The molecule has 1 fully saturated rings. The molecule has 1 heterocycles. The number of ketones is 1. The zero-order chi connectivity index (χ0) is 22.5. The van der Waals surface area contributed by atoms with E-state index in [2.05, 4.69) is 6.92 Å². The molecule has 0 unspecified atom stereocenters. The summed E-state index contributed by atoms with van der Waals surface area (Å²) in [5, 5.41) is 49.6. The first kappa shape index (κ1) is 23.2. The van der Waals surface area contributed by atoms with Crippen LogP contribution in [-0.2, 0) is 17.6 Å². The van der Waals surface area contributed by atoms with Gasteiger partial charge in [0.05, 0.1) is 6.61 Å². The van der Waals surface area contributed by atoms with Gasteiger partial charge in [0.1, 0.15) is 41.5 Å². The number of hydrogen-bond acceptors (Lipinski definition) is 8. The summed E-state index contributed by atoms with van der Waals surface area (Å²) in [4.78, 5) is 12.9. The van der Waals surface area contributed by atoms with Crippen LogP contribution in [0, 0.1) is 0 Å². The first-order valence-electron chi connectivity index (χ1n) is 10.3. The van der Waals surface area contributed by atoms with E-state index in [1.807, 2.05) is 24.3 Å². The molecule has 5 atom stereocenters. The number of aliphatic hydroxyl groups excluding tert-OH is 4. The predicted molar refractivity (Wildman–Crippen MR) is 111 cm³/mol. The maximum atomic E-state index is 12.9. The molecule has 0 saturated carbocycles. The standard InChI is InChI=1S/C23H28O8/c1-2-13-6-8-14(9-7-13)10-11-16(26)19-15(25)4-3-5-17(19)30-23-22(29)21(28)20(27)18(12-24)31-23/h3-9,18,20-25,27-29H,2,10-12H2,1H3/t18-,20-,21+,22-,23-/m1/s1. The Morgan fingerprint density at radius 2 is 1.68 bits per heavy atom. The van der Waals surface area contributed by atoms with Gasteiger partial charge in [-0.15, -0.1) is 0 Å². The van der Waals surface area contributed by atoms with Gasteiger partial charge in [0, 0.05) is 6.42 Å². The molecule has 0 aliphatic carbocycles. The first-order valence-corrected chi connectivity index (χ1v) is 10.3. The minimum Gasteiger partial charge on any atom is -0.507 e. The first-order chi connectivity index (χ1) is 14.8. The van der Waals surface area contributed by atoms with Crippen LogP contribution in [0.15, 0.2) is 42.5 Å². The Kier molecular flexibility index (Phi) is 7.64. The zero-order valence-electron chi connectivity index (χ0n) is 17.2. The number of carbonyl (C=O) groups excluding carboxylic acids is 1. The molecule has 3 rings (SSSR count). The van der Waals surface area contributed by atoms with Crippen molar-refractivity contribution in [1.29, 1.82) is 0 Å². The van der Waals surface area contributed by atoms with Gasteiger partial charge in [-0.25, -0.2) is 0 Å². The van der Waals surface area contributed by atoms with Crippen LogP contribution in [0.3, 0.4) is 0 Å². The van der Waals surface area contributed by atoms with Crippen LogP contribution in [-0.4, -0.2) is 68.6 Å². The fraction of sp³-hybridized carbons (Fsp3) is 0.435. The molecule has 0 radical (unpaired) electrons. The van der Waals surface area contributed by atoms with Crippen molar-refractivity contribution in [3.05, 3.63) is 59.2 Å². The van der Waals surface area contributed by atoms with Gasteiger partial charge in [-0.05, 0) is 36.1 Å². The molecule has 0 bridgehead atoms. The number of hydrogen-bond donors (Lipinski definition) is 5. The van der Waals surface area contributed by atoms with Gasteiger partial charge < -0.3 is 35.0 Å². The maximum Gasteiger partial charge on any atom is 0.229 e. The Morgan fingerprint density at radius 3 is 2.32 bits per heavy atom. The topological polar surface area (TPSA) is 137 Å². The summed E-state index contributed by atoms with van der Waals surface area (Å²) in [5.74, 6) is -0.679. The molecule has 0 spiro atoms. The SMILES string of the molecule is CCc1ccc(CCC(=O)c2c(O)cccc2O[C@@H]2O[C@H](CO)[C@@H](O)[C@H](O)[C@H]2O)cc1. The second-order valence-corrected chi connectivity index (χ2v) is 7.56. The number of Topliss-reactive ketones (excluding diaryl/α,β-unsaturated/α-hetero) is 1. The highest BCUT2D eigenvalue weighted by molar-refractivity contribution is 6.01. The van der Waals surface area contributed by atoms with Crippen molar-refractivity contribution in [1.82, 2.24) is 0 Å². The number of carbonyl (C=O) groups is 1. The highest BCUT2D eigenvalue weighted by atomic mass is 16.7. The van der Waals surface area contributed by atoms with Crippen molar-refractivity contribution in [3.8, 4) is 11.5 Å². The van der Waals surface area contributed by atoms with Crippen LogP contribution >= 0.6 is 0 Å². The zero-order valence-corrected chi connectivity index (χ0v) is 17.2. The minimum absolute atomic E-state index is 0.0318. The van der Waals surface area contributed by atoms with Gasteiger partial charge >= 0.3 is 0 Å². The lowest BCUT2D eigenvalue weighted by Gasteiger charge is -2.39. The van der Waals surface area contributed by atoms with Gasteiger partial charge in [-0.1, -0.05) is 37.3 Å². The number of aromatic hydroxyl groups is 1. The Balaban J connectivity index is 1.75. The van der Waals surface area contributed by atoms with Crippen LogP contribution in [0.1, 0.15) is 34.8 Å². The van der Waals surface area contributed by atoms with Crippen LogP contribution in [0.4, 0.5) is 0 Å². The Bertz CT molecular complexity index is 880. The van der Waals surface area contributed by atoms with E-state index in [-0.39, 0.29) is 29.3 Å². The van der Waals surface area contributed by atoms with Crippen molar-refractivity contribution >= 4 is 5.78 Å². The highest BCUT2D eigenvalue weighted by Crippen LogP contribution is 2.32. The van der Waals surface area contributed by atoms with E-state index in [9.17, 15) is 30.3 Å². The molecule has 2 aromatic carbocycles. The van der Waals surface area contributed by atoms with E-state index in [0.29, 0.717) is 6.42 Å². The Morgan fingerprint density at radius 1 is 1.00 bits per heavy atom. The Hall–Kier alpha value is -2.49. The molecular formula is C23H28O8. The Labute approximate surface area is 180 Å². The fourth-order valence-corrected chi connectivity index (χ4v) is 3.51. The average Bonchev–Trinajstić information content (AvgIpc) is 2.78. The van der Waals surface area contributed by atoms with Gasteiger partial charge in [-0.2, -0.15) is 0 Å². The highest BCUT2D eigenvalue weighted by Gasteiger charge is 2.45. The molecule has 168 valence electrons. The minimum atomic E-state index is -1.62. The van der Waals surface area contributed by atoms with E-state index < -0.39 is 37.3 Å². The molecule has 8 nitrogen and oxygen atoms in total. The number of phenolic OH excluding ortho intramolecular Hbond substituents is 1. The summed E-state index contributed by atoms with van der Waals surface area (Å²) in [5.41, 5.74) is 2.12. The lowest BCUT2D eigenvalue weighted by atomic mass is 9.98. The van der Waals surface area contributed by atoms with Crippen LogP contribution in [0.5, 0.6) is 11.5 Å². The van der Waals surface area contributed by atoms with Crippen molar-refractivity contribution in [2.75, 3.05) is 6.61 Å². The van der Waals surface area contributed by atoms with Gasteiger partial charge in [0.25, 0.3) is 0 Å². The summed E-state index contributed by atoms with van der Waals surface area (Å²) in [7, 11) is 0. The number of aliphatic hydroxyl groups is 4. The van der Waals surface area contributed by atoms with E-state index in [0.717, 1.165) is 12.0 Å². The molecule has 2 aromatic rings. The van der Waals surface area contributed by atoms with Crippen LogP contribution in [0.2, 0.25) is 0 Å². The molecule has 5 N–H and O–H groups in total. The number of rotatable bonds is 8. The summed E-state index contributed by atoms with van der Waals surface area (Å²) in [6, 6.07) is 12.2. The van der Waals surface area contributed by atoms with Crippen molar-refractivity contribution in [3.63, 3.8) is 0 Å².